The van der Waals surface area contributed by atoms with E-state index in [1.807, 2.05) is 21.1 Å². The van der Waals surface area contributed by atoms with Crippen molar-refractivity contribution in [3.8, 4) is 0 Å². The normalized spacial score (nSPS) is 13.4. The van der Waals surface area contributed by atoms with Crippen molar-refractivity contribution in [3.63, 3.8) is 0 Å². The van der Waals surface area contributed by atoms with Gasteiger partial charge in [-0.05, 0) is 77.0 Å². The molecule has 358 valence electrons. The monoisotopic (exact) mass is 871 g/mol. The maximum Gasteiger partial charge on any atom is 0.362 e. The van der Waals surface area contributed by atoms with Gasteiger partial charge in [-0.3, -0.25) is 9.59 Å². The van der Waals surface area contributed by atoms with Crippen LogP contribution in [0.4, 0.5) is 0 Å². The van der Waals surface area contributed by atoms with E-state index in [1.54, 1.807) is 0 Å². The molecular weight excluding hydrogens is 775 g/mol. The summed E-state index contributed by atoms with van der Waals surface area (Å²) >= 11 is 0. The fraction of sp³-hybridized carbons (Fsp3) is 0.759. The van der Waals surface area contributed by atoms with Crippen LogP contribution < -0.4 is 0 Å². The second kappa shape index (κ2) is 44.6. The lowest BCUT2D eigenvalue weighted by molar-refractivity contribution is -0.887. The second-order valence-corrected chi connectivity index (χ2v) is 18.0. The first-order valence-corrected chi connectivity index (χ1v) is 25.3. The van der Waals surface area contributed by atoms with Crippen molar-refractivity contribution < 1.29 is 38.2 Å². The highest BCUT2D eigenvalue weighted by Crippen LogP contribution is 2.15. The Hall–Kier alpha value is -2.97. The Labute approximate surface area is 381 Å². The van der Waals surface area contributed by atoms with Crippen LogP contribution in [0.3, 0.4) is 0 Å². The highest BCUT2D eigenvalue weighted by atomic mass is 16.6. The smallest absolute Gasteiger partial charge is 0.362 e. The van der Waals surface area contributed by atoms with Crippen molar-refractivity contribution in [3.05, 3.63) is 60.8 Å². The molecule has 0 aromatic rings. The predicted molar refractivity (Wildman–Crippen MR) is 261 cm³/mol. The zero-order valence-electron chi connectivity index (χ0n) is 40.8. The highest BCUT2D eigenvalue weighted by Gasteiger charge is 2.31. The molecule has 0 bridgehead atoms. The molecule has 0 radical (unpaired) electrons. The van der Waals surface area contributed by atoms with Gasteiger partial charge >= 0.3 is 17.9 Å². The van der Waals surface area contributed by atoms with Crippen LogP contribution >= 0.6 is 0 Å². The second-order valence-electron chi connectivity index (χ2n) is 18.0. The van der Waals surface area contributed by atoms with Gasteiger partial charge in [-0.2, -0.15) is 0 Å². The first-order chi connectivity index (χ1) is 30.1. The topological polar surface area (TPSA) is 99.1 Å². The molecule has 0 rings (SSSR count). The average molecular weight is 871 g/mol. The van der Waals surface area contributed by atoms with Gasteiger partial charge in [-0.25, -0.2) is 4.79 Å². The molecule has 2 atom stereocenters. The van der Waals surface area contributed by atoms with Gasteiger partial charge in [-0.15, -0.1) is 0 Å². The minimum Gasteiger partial charge on any atom is -0.477 e. The molecule has 0 aromatic carbocycles. The minimum absolute atomic E-state index is 0.0553. The number of carbonyl (C=O) groups excluding carboxylic acids is 2. The maximum absolute atomic E-state index is 12.8. The van der Waals surface area contributed by atoms with E-state index in [4.69, 9.17) is 14.2 Å². The molecule has 0 aliphatic carbocycles. The molecule has 62 heavy (non-hydrogen) atoms. The molecule has 0 amide bonds. The van der Waals surface area contributed by atoms with E-state index in [0.717, 1.165) is 70.6 Å². The van der Waals surface area contributed by atoms with Gasteiger partial charge in [0.1, 0.15) is 6.61 Å². The van der Waals surface area contributed by atoms with Gasteiger partial charge in [0.05, 0.1) is 34.4 Å². The number of quaternary nitrogens is 1. The van der Waals surface area contributed by atoms with E-state index in [9.17, 15) is 19.5 Å². The number of rotatable bonds is 45. The quantitative estimate of drug-likeness (QED) is 0.0282. The zero-order valence-corrected chi connectivity index (χ0v) is 40.8. The predicted octanol–water partition coefficient (Wildman–Crippen LogP) is 14.5. The lowest BCUT2D eigenvalue weighted by atomic mass is 10.1. The summed E-state index contributed by atoms with van der Waals surface area (Å²) in [5.74, 6) is -1.48. The summed E-state index contributed by atoms with van der Waals surface area (Å²) in [7, 11) is 5.53. The Bertz CT molecular complexity index is 1200. The summed E-state index contributed by atoms with van der Waals surface area (Å²) in [5, 5.41) is 9.65. The molecule has 0 saturated carbocycles. The van der Waals surface area contributed by atoms with Crippen LogP contribution in [0.1, 0.15) is 213 Å². The van der Waals surface area contributed by atoms with Crippen molar-refractivity contribution >= 4 is 17.9 Å². The zero-order chi connectivity index (χ0) is 45.6. The third kappa shape index (κ3) is 42.3. The number of carbonyl (C=O) groups is 3. The molecule has 2 unspecified atom stereocenters. The van der Waals surface area contributed by atoms with Crippen LogP contribution in [0.5, 0.6) is 0 Å². The summed E-state index contributed by atoms with van der Waals surface area (Å²) in [4.78, 5) is 37.1. The third-order valence-corrected chi connectivity index (χ3v) is 11.2. The number of allylic oxidation sites excluding steroid dienone is 10. The maximum atomic E-state index is 12.8. The van der Waals surface area contributed by atoms with E-state index in [-0.39, 0.29) is 36.2 Å². The lowest BCUT2D eigenvalue weighted by Gasteiger charge is -2.31. The number of unbranched alkanes of at least 4 members (excludes halogenated alkanes) is 21. The van der Waals surface area contributed by atoms with E-state index >= 15 is 0 Å². The SMILES string of the molecule is CC/C=C\C/C=C\C/C=C\C/C=C\CCCCCCCCCCC(=O)OC(COCCC(C(=O)O)[N+](C)(C)C)COC(=O)CCCCCCCCC/C=C\CCCCCCCC. The fourth-order valence-electron chi connectivity index (χ4n) is 7.25. The molecule has 0 aromatic heterocycles. The molecular formula is C54H96NO7+. The highest BCUT2D eigenvalue weighted by molar-refractivity contribution is 5.72. The number of esters is 2. The van der Waals surface area contributed by atoms with Gasteiger partial charge in [0.15, 0.2) is 12.1 Å². The Morgan fingerprint density at radius 2 is 0.903 bits per heavy atom. The Morgan fingerprint density at radius 1 is 0.500 bits per heavy atom. The number of aliphatic carboxylic acids is 1. The summed E-state index contributed by atoms with van der Waals surface area (Å²) < 4.78 is 17.3. The largest absolute Gasteiger partial charge is 0.477 e. The summed E-state index contributed by atoms with van der Waals surface area (Å²) in [6.07, 6.45) is 55.5. The van der Waals surface area contributed by atoms with Crippen LogP contribution in [-0.4, -0.2) is 80.6 Å². The van der Waals surface area contributed by atoms with Gasteiger partial charge in [0.2, 0.25) is 0 Å². The fourth-order valence-corrected chi connectivity index (χ4v) is 7.25. The number of nitrogens with zero attached hydrogens (tertiary/aromatic N) is 1. The number of hydrogen-bond donors (Lipinski definition) is 1. The molecule has 0 saturated heterocycles. The molecule has 0 aliphatic rings. The van der Waals surface area contributed by atoms with Crippen LogP contribution in [0.2, 0.25) is 0 Å². The minimum atomic E-state index is -0.877. The number of carboxylic acids is 1. The van der Waals surface area contributed by atoms with E-state index in [0.29, 0.717) is 19.3 Å². The van der Waals surface area contributed by atoms with Crippen molar-refractivity contribution in [2.45, 2.75) is 225 Å². The van der Waals surface area contributed by atoms with Crippen LogP contribution in [0.25, 0.3) is 0 Å². The van der Waals surface area contributed by atoms with Gasteiger partial charge in [0, 0.05) is 19.3 Å². The van der Waals surface area contributed by atoms with Crippen LogP contribution in [0, 0.1) is 0 Å². The molecule has 8 nitrogen and oxygen atoms in total. The Morgan fingerprint density at radius 3 is 1.35 bits per heavy atom. The first-order valence-electron chi connectivity index (χ1n) is 25.3. The number of hydrogen-bond acceptors (Lipinski definition) is 6. The molecule has 8 heteroatoms. The van der Waals surface area contributed by atoms with E-state index in [2.05, 4.69) is 74.6 Å². The van der Waals surface area contributed by atoms with Crippen molar-refractivity contribution in [2.24, 2.45) is 0 Å². The Balaban J connectivity index is 4.28. The van der Waals surface area contributed by atoms with E-state index < -0.39 is 18.1 Å². The van der Waals surface area contributed by atoms with Gasteiger partial charge in [0.25, 0.3) is 0 Å². The first kappa shape index (κ1) is 59.0. The Kier molecular flexibility index (Phi) is 42.5. The summed E-state index contributed by atoms with van der Waals surface area (Å²) in [5.41, 5.74) is 0. The van der Waals surface area contributed by atoms with E-state index in [1.165, 1.54) is 109 Å². The van der Waals surface area contributed by atoms with Gasteiger partial charge < -0.3 is 23.8 Å². The van der Waals surface area contributed by atoms with Gasteiger partial charge in [-0.1, -0.05) is 177 Å². The van der Waals surface area contributed by atoms with Crippen LogP contribution in [-0.2, 0) is 28.6 Å². The third-order valence-electron chi connectivity index (χ3n) is 11.2. The van der Waals surface area contributed by atoms with Crippen molar-refractivity contribution in [1.82, 2.24) is 0 Å². The molecule has 0 fully saturated rings. The molecule has 0 heterocycles. The molecule has 0 aliphatic heterocycles. The summed E-state index contributed by atoms with van der Waals surface area (Å²) in [6.45, 7) is 4.62. The summed E-state index contributed by atoms with van der Waals surface area (Å²) in [6, 6.07) is -0.619. The number of carboxylic acid groups (broad SMARTS) is 1. The van der Waals surface area contributed by atoms with Crippen molar-refractivity contribution in [2.75, 3.05) is 41.0 Å². The molecule has 1 N–H and O–H groups in total. The standard InChI is InChI=1S/C54H95NO7/c1-6-8-10-12-14-16-18-20-22-24-25-26-27-29-31-33-35-37-39-41-43-45-53(57)62-50(48-60-47-46-51(54(58)59)55(3,4)5)49-61-52(56)44-42-40-38-36-34-32-30-28-23-21-19-17-15-13-11-9-7-2/h8,10,14,16,20-23,25-26,50-51H,6-7,9,11-13,15,17-19,24,27-49H2,1-5H3/p+1/b10-8-,16-14-,22-20-,23-21-,26-25-. The van der Waals surface area contributed by atoms with Crippen LogP contribution in [0.15, 0.2) is 60.8 Å². The number of likely N-dealkylation sites (N-methyl/N-ethyl adjacent to an activating group) is 1. The number of ether oxygens (including phenoxy) is 3. The average Bonchev–Trinajstić information content (AvgIpc) is 3.23. The molecule has 0 spiro atoms. The van der Waals surface area contributed by atoms with Crippen molar-refractivity contribution in [1.29, 1.82) is 0 Å². The lowest BCUT2D eigenvalue weighted by Crippen LogP contribution is -2.50.